The molecule has 1 fully saturated rings. The predicted octanol–water partition coefficient (Wildman–Crippen LogP) is 3.73. The summed E-state index contributed by atoms with van der Waals surface area (Å²) in [6, 6.07) is 17.8. The normalized spacial score (nSPS) is 20.5. The maximum atomic E-state index is 13.2. The van der Waals surface area contributed by atoms with Crippen LogP contribution < -0.4 is 25.4 Å². The Kier molecular flexibility index (Phi) is 6.35. The molecule has 2 aliphatic heterocycles. The second-order valence-corrected chi connectivity index (χ2v) is 11.2. The minimum Gasteiger partial charge on any atom is -0.467 e. The molecule has 2 heterocycles. The molecule has 1 saturated heterocycles. The van der Waals surface area contributed by atoms with E-state index in [1.807, 2.05) is 6.92 Å². The summed E-state index contributed by atoms with van der Waals surface area (Å²) in [5.41, 5.74) is 1.66. The summed E-state index contributed by atoms with van der Waals surface area (Å²) in [5.74, 6) is 0.354. The van der Waals surface area contributed by atoms with E-state index >= 15 is 0 Å². The minimum absolute atomic E-state index is 0.0353. The smallest absolute Gasteiger partial charge is 0.325 e. The third-order valence-corrected chi connectivity index (χ3v) is 7.72. The lowest BCUT2D eigenvalue weighted by Crippen LogP contribution is -2.65. The third kappa shape index (κ3) is 5.00. The molecule has 0 aliphatic carbocycles. The van der Waals surface area contributed by atoms with Crippen LogP contribution in [0.4, 0.5) is 10.5 Å². The molecule has 2 atom stereocenters. The molecule has 9 nitrogen and oxygen atoms in total. The molecule has 37 heavy (non-hydrogen) atoms. The molecule has 0 saturated carbocycles. The van der Waals surface area contributed by atoms with Crippen molar-refractivity contribution in [3.63, 3.8) is 0 Å². The Labute approximate surface area is 219 Å². The SMILES string of the molecule is C[C@@]12C[C@@H](NC(=O)N1c1cccc(C(=O)NCCc3ccc(S(N)(=O)=O)cc3)c1)c1cc(Cl)ccc1O2. The summed E-state index contributed by atoms with van der Waals surface area (Å²) in [6.45, 7) is 2.19. The van der Waals surface area contributed by atoms with E-state index in [0.29, 0.717) is 41.4 Å². The zero-order valence-electron chi connectivity index (χ0n) is 19.9. The van der Waals surface area contributed by atoms with Crippen LogP contribution >= 0.6 is 11.6 Å². The van der Waals surface area contributed by atoms with Gasteiger partial charge in [-0.1, -0.05) is 29.8 Å². The van der Waals surface area contributed by atoms with Gasteiger partial charge in [0.15, 0.2) is 5.72 Å². The fraction of sp³-hybridized carbons (Fsp3) is 0.231. The number of rotatable bonds is 6. The molecule has 0 radical (unpaired) electrons. The van der Waals surface area contributed by atoms with Gasteiger partial charge >= 0.3 is 6.03 Å². The Bertz CT molecular complexity index is 1500. The van der Waals surface area contributed by atoms with Gasteiger partial charge in [-0.15, -0.1) is 0 Å². The minimum atomic E-state index is -3.75. The Morgan fingerprint density at radius 2 is 1.95 bits per heavy atom. The number of fused-ring (bicyclic) bond motifs is 4. The van der Waals surface area contributed by atoms with Crippen LogP contribution in [0.1, 0.15) is 40.9 Å². The average Bonchev–Trinajstić information content (AvgIpc) is 2.84. The first-order valence-electron chi connectivity index (χ1n) is 11.6. The van der Waals surface area contributed by atoms with Gasteiger partial charge in [0.05, 0.1) is 16.6 Å². The van der Waals surface area contributed by atoms with Crippen LogP contribution in [-0.4, -0.2) is 32.6 Å². The first kappa shape index (κ1) is 25.1. The zero-order chi connectivity index (χ0) is 26.4. The number of carbonyl (C=O) groups excluding carboxylic acids is 2. The van der Waals surface area contributed by atoms with E-state index in [1.165, 1.54) is 17.0 Å². The van der Waals surface area contributed by atoms with Crippen molar-refractivity contribution in [2.75, 3.05) is 11.4 Å². The number of ether oxygens (including phenoxy) is 1. The van der Waals surface area contributed by atoms with Crippen LogP contribution in [0.25, 0.3) is 0 Å². The van der Waals surface area contributed by atoms with Gasteiger partial charge in [0.25, 0.3) is 5.91 Å². The first-order valence-corrected chi connectivity index (χ1v) is 13.6. The van der Waals surface area contributed by atoms with E-state index in [-0.39, 0.29) is 22.9 Å². The summed E-state index contributed by atoms with van der Waals surface area (Å²) in [7, 11) is -3.75. The first-order chi connectivity index (χ1) is 17.5. The van der Waals surface area contributed by atoms with Crippen LogP contribution in [0.15, 0.2) is 71.6 Å². The molecule has 3 aromatic carbocycles. The van der Waals surface area contributed by atoms with Gasteiger partial charge in [0, 0.05) is 29.1 Å². The molecule has 0 spiro atoms. The summed E-state index contributed by atoms with van der Waals surface area (Å²) in [5, 5.41) is 11.6. The van der Waals surface area contributed by atoms with Crippen LogP contribution in [0, 0.1) is 0 Å². The van der Waals surface area contributed by atoms with Crippen molar-refractivity contribution in [1.82, 2.24) is 10.6 Å². The van der Waals surface area contributed by atoms with Crippen molar-refractivity contribution in [2.24, 2.45) is 5.14 Å². The monoisotopic (exact) mass is 540 g/mol. The predicted molar refractivity (Wildman–Crippen MR) is 139 cm³/mol. The van der Waals surface area contributed by atoms with Gasteiger partial charge in [-0.3, -0.25) is 9.69 Å². The standard InChI is InChI=1S/C26H25ClN4O5S/c1-26-15-22(21-14-18(27)7-10-23(21)36-26)30-25(33)31(26)19-4-2-3-17(13-19)24(32)29-12-11-16-5-8-20(9-6-16)37(28,34)35/h2-10,13-14,22H,11-12,15H2,1H3,(H,29,32)(H,30,33)(H2,28,34,35)/t22-,26-/m1/s1. The molecule has 4 N–H and O–H groups in total. The second-order valence-electron chi connectivity index (χ2n) is 9.25. The van der Waals surface area contributed by atoms with Crippen LogP contribution in [0.3, 0.4) is 0 Å². The average molecular weight is 541 g/mol. The molecule has 2 bridgehead atoms. The highest BCUT2D eigenvalue weighted by molar-refractivity contribution is 7.89. The Hall–Kier alpha value is -3.60. The Balaban J connectivity index is 1.29. The van der Waals surface area contributed by atoms with E-state index in [9.17, 15) is 18.0 Å². The Morgan fingerprint density at radius 1 is 1.19 bits per heavy atom. The van der Waals surface area contributed by atoms with E-state index in [1.54, 1.807) is 54.6 Å². The van der Waals surface area contributed by atoms with Gasteiger partial charge in [0.2, 0.25) is 10.0 Å². The summed E-state index contributed by atoms with van der Waals surface area (Å²) >= 11 is 6.15. The molecular weight excluding hydrogens is 516 g/mol. The number of anilines is 1. The summed E-state index contributed by atoms with van der Waals surface area (Å²) in [6.07, 6.45) is 1.01. The van der Waals surface area contributed by atoms with Crippen LogP contribution in [-0.2, 0) is 16.4 Å². The quantitative estimate of drug-likeness (QED) is 0.438. The largest absolute Gasteiger partial charge is 0.467 e. The lowest BCUT2D eigenvalue weighted by molar-refractivity contribution is 0.0378. The number of nitrogens with two attached hydrogens (primary N) is 1. The number of carbonyl (C=O) groups is 2. The Morgan fingerprint density at radius 3 is 2.68 bits per heavy atom. The molecule has 192 valence electrons. The van der Waals surface area contributed by atoms with Crippen molar-refractivity contribution in [2.45, 2.75) is 36.4 Å². The van der Waals surface area contributed by atoms with Gasteiger partial charge in [0.1, 0.15) is 5.75 Å². The van der Waals surface area contributed by atoms with E-state index in [0.717, 1.165) is 11.1 Å². The van der Waals surface area contributed by atoms with E-state index < -0.39 is 15.7 Å². The number of amides is 3. The summed E-state index contributed by atoms with van der Waals surface area (Å²) in [4.78, 5) is 27.6. The van der Waals surface area contributed by atoms with Gasteiger partial charge in [-0.2, -0.15) is 0 Å². The highest BCUT2D eigenvalue weighted by Crippen LogP contribution is 2.46. The number of urea groups is 1. The topological polar surface area (TPSA) is 131 Å². The second kappa shape index (κ2) is 9.37. The molecule has 2 aliphatic rings. The summed E-state index contributed by atoms with van der Waals surface area (Å²) < 4.78 is 29.1. The van der Waals surface area contributed by atoms with E-state index in [4.69, 9.17) is 21.5 Å². The third-order valence-electron chi connectivity index (χ3n) is 6.55. The number of benzene rings is 3. The zero-order valence-corrected chi connectivity index (χ0v) is 21.5. The van der Waals surface area contributed by atoms with Gasteiger partial charge in [-0.25, -0.2) is 18.4 Å². The van der Waals surface area contributed by atoms with Crippen LogP contribution in [0.2, 0.25) is 5.02 Å². The molecule has 0 aromatic heterocycles. The number of hydrogen-bond donors (Lipinski definition) is 3. The number of halogens is 1. The van der Waals surface area contributed by atoms with Crippen molar-refractivity contribution in [3.05, 3.63) is 88.4 Å². The molecule has 5 rings (SSSR count). The van der Waals surface area contributed by atoms with Gasteiger partial charge in [-0.05, 0) is 67.4 Å². The maximum Gasteiger partial charge on any atom is 0.325 e. The molecular formula is C26H25ClN4O5S. The fourth-order valence-corrected chi connectivity index (χ4v) is 5.49. The fourth-order valence-electron chi connectivity index (χ4n) is 4.79. The lowest BCUT2D eigenvalue weighted by Gasteiger charge is -2.50. The van der Waals surface area contributed by atoms with E-state index in [2.05, 4.69) is 10.6 Å². The van der Waals surface area contributed by atoms with Crippen molar-refractivity contribution in [3.8, 4) is 5.75 Å². The van der Waals surface area contributed by atoms with Gasteiger partial charge < -0.3 is 15.4 Å². The lowest BCUT2D eigenvalue weighted by atomic mass is 9.90. The van der Waals surface area contributed by atoms with Crippen molar-refractivity contribution < 1.29 is 22.7 Å². The van der Waals surface area contributed by atoms with Crippen molar-refractivity contribution in [1.29, 1.82) is 0 Å². The molecule has 3 amide bonds. The molecule has 0 unspecified atom stereocenters. The number of primary sulfonamides is 1. The molecule has 11 heteroatoms. The highest BCUT2D eigenvalue weighted by Gasteiger charge is 2.50. The highest BCUT2D eigenvalue weighted by atomic mass is 35.5. The number of hydrogen-bond acceptors (Lipinski definition) is 5. The van der Waals surface area contributed by atoms with Crippen molar-refractivity contribution >= 4 is 39.2 Å². The number of nitrogens with zero attached hydrogens (tertiary/aromatic N) is 1. The maximum absolute atomic E-state index is 13.2. The van der Waals surface area contributed by atoms with Crippen LogP contribution in [0.5, 0.6) is 5.75 Å². The number of nitrogens with one attached hydrogen (secondary N) is 2. The number of sulfonamides is 1. The molecule has 3 aromatic rings.